The van der Waals surface area contributed by atoms with Crippen molar-refractivity contribution >= 4 is 15.9 Å². The maximum atomic E-state index is 12.9. The summed E-state index contributed by atoms with van der Waals surface area (Å²) in [6.45, 7) is 3.27. The molecule has 1 fully saturated rings. The molecule has 1 atom stereocenters. The van der Waals surface area contributed by atoms with Gasteiger partial charge in [0.15, 0.2) is 17.3 Å². The zero-order chi connectivity index (χ0) is 27.1. The Morgan fingerprint density at radius 1 is 0.895 bits per heavy atom. The van der Waals surface area contributed by atoms with Crippen LogP contribution in [0.4, 0.5) is 0 Å². The summed E-state index contributed by atoms with van der Waals surface area (Å²) in [5, 5.41) is 0. The lowest BCUT2D eigenvalue weighted by Gasteiger charge is -2.32. The number of nitrogens with zero attached hydrogens (tertiary/aromatic N) is 1. The molecule has 3 aromatic rings. The Labute approximate surface area is 225 Å². The minimum Gasteiger partial charge on any atom is -0.493 e. The van der Waals surface area contributed by atoms with Crippen LogP contribution in [0.5, 0.6) is 11.5 Å². The minimum atomic E-state index is -4.00. The Kier molecular flexibility index (Phi) is 9.20. The summed E-state index contributed by atoms with van der Waals surface area (Å²) in [6.07, 6.45) is 4.19. The number of ether oxygens (including phenoxy) is 2. The van der Waals surface area contributed by atoms with E-state index in [1.54, 1.807) is 32.4 Å². The third-order valence-electron chi connectivity index (χ3n) is 7.33. The highest BCUT2D eigenvalue weighted by Gasteiger charge is 2.34. The lowest BCUT2D eigenvalue weighted by molar-refractivity contribution is 0.0895. The molecule has 1 N–H and O–H groups in total. The third kappa shape index (κ3) is 7.01. The Bertz CT molecular complexity index is 1320. The number of methoxy groups -OCH3 is 2. The SMILES string of the molecule is COc1cc2c(cc1OC)C(=O)C(CC1CCN(Cc3ccccc3)CC1)C2.O=S(=O)(O)c1ccccc1. The average Bonchev–Trinajstić information content (AvgIpc) is 3.23. The number of hydrogen-bond acceptors (Lipinski definition) is 6. The molecule has 202 valence electrons. The smallest absolute Gasteiger partial charge is 0.294 e. The lowest BCUT2D eigenvalue weighted by Crippen LogP contribution is -2.34. The molecule has 1 aliphatic carbocycles. The predicted molar refractivity (Wildman–Crippen MR) is 146 cm³/mol. The van der Waals surface area contributed by atoms with E-state index in [1.165, 1.54) is 30.5 Å². The molecule has 0 bridgehead atoms. The standard InChI is InChI=1S/C24H29NO3.C6H6O3S/c1-27-22-14-19-13-20(24(26)21(19)15-23(22)28-2)12-17-8-10-25(11-9-17)16-18-6-4-3-5-7-18;7-10(8,9)6-4-2-1-3-5-6/h3-7,14-15,17,20H,8-13,16H2,1-2H3;1-5H,(H,7,8,9). The van der Waals surface area contributed by atoms with E-state index < -0.39 is 10.1 Å². The van der Waals surface area contributed by atoms with Crippen molar-refractivity contribution in [3.63, 3.8) is 0 Å². The normalized spacial score (nSPS) is 17.9. The zero-order valence-electron chi connectivity index (χ0n) is 21.9. The van der Waals surface area contributed by atoms with Gasteiger partial charge in [-0.25, -0.2) is 0 Å². The summed E-state index contributed by atoms with van der Waals surface area (Å²) < 4.78 is 40.0. The number of likely N-dealkylation sites (tertiary alicyclic amines) is 1. The fourth-order valence-electron chi connectivity index (χ4n) is 5.30. The number of hydrogen-bond donors (Lipinski definition) is 1. The maximum Gasteiger partial charge on any atom is 0.294 e. The molecule has 1 heterocycles. The monoisotopic (exact) mass is 537 g/mol. The van der Waals surface area contributed by atoms with Crippen molar-refractivity contribution in [3.8, 4) is 11.5 Å². The first-order chi connectivity index (χ1) is 18.3. The predicted octanol–water partition coefficient (Wildman–Crippen LogP) is 5.29. The second kappa shape index (κ2) is 12.6. The van der Waals surface area contributed by atoms with Crippen molar-refractivity contribution in [2.24, 2.45) is 11.8 Å². The van der Waals surface area contributed by atoms with Gasteiger partial charge in [0.1, 0.15) is 0 Å². The topological polar surface area (TPSA) is 93.1 Å². The number of carbonyl (C=O) groups excluding carboxylic acids is 1. The van der Waals surface area contributed by atoms with Crippen LogP contribution in [0.15, 0.2) is 77.7 Å². The van der Waals surface area contributed by atoms with E-state index >= 15 is 0 Å². The summed E-state index contributed by atoms with van der Waals surface area (Å²) in [4.78, 5) is 15.4. The van der Waals surface area contributed by atoms with E-state index in [4.69, 9.17) is 14.0 Å². The molecule has 3 aromatic carbocycles. The van der Waals surface area contributed by atoms with Crippen molar-refractivity contribution in [3.05, 3.63) is 89.5 Å². The second-order valence-corrected chi connectivity index (χ2v) is 11.3. The van der Waals surface area contributed by atoms with Crippen molar-refractivity contribution in [2.75, 3.05) is 27.3 Å². The summed E-state index contributed by atoms with van der Waals surface area (Å²) in [5.74, 6) is 2.38. The molecule has 38 heavy (non-hydrogen) atoms. The van der Waals surface area contributed by atoms with Crippen LogP contribution in [0.3, 0.4) is 0 Å². The first-order valence-corrected chi connectivity index (χ1v) is 14.3. The number of ketones is 1. The van der Waals surface area contributed by atoms with E-state index in [0.29, 0.717) is 17.4 Å². The number of Topliss-reactive ketones (excluding diaryl/α,β-unsaturated/α-hetero) is 1. The Balaban J connectivity index is 0.000000283. The fourth-order valence-corrected chi connectivity index (χ4v) is 5.81. The van der Waals surface area contributed by atoms with Gasteiger partial charge in [-0.05, 0) is 80.1 Å². The van der Waals surface area contributed by atoms with Crippen LogP contribution in [0.2, 0.25) is 0 Å². The Morgan fingerprint density at radius 3 is 2.03 bits per heavy atom. The highest BCUT2D eigenvalue weighted by atomic mass is 32.2. The molecular weight excluding hydrogens is 502 g/mol. The Hall–Kier alpha value is -3.20. The van der Waals surface area contributed by atoms with E-state index in [2.05, 4.69) is 35.2 Å². The van der Waals surface area contributed by atoms with Gasteiger partial charge < -0.3 is 9.47 Å². The number of benzene rings is 3. The molecule has 1 aliphatic heterocycles. The highest BCUT2D eigenvalue weighted by molar-refractivity contribution is 7.85. The quantitative estimate of drug-likeness (QED) is 0.409. The highest BCUT2D eigenvalue weighted by Crippen LogP contribution is 2.39. The van der Waals surface area contributed by atoms with Gasteiger partial charge in [0, 0.05) is 18.0 Å². The van der Waals surface area contributed by atoms with Crippen LogP contribution in [0.25, 0.3) is 0 Å². The van der Waals surface area contributed by atoms with Crippen molar-refractivity contribution < 1.29 is 27.2 Å². The summed E-state index contributed by atoms with van der Waals surface area (Å²) in [5.41, 5.74) is 3.31. The lowest BCUT2D eigenvalue weighted by atomic mass is 9.85. The zero-order valence-corrected chi connectivity index (χ0v) is 22.7. The van der Waals surface area contributed by atoms with Crippen molar-refractivity contribution in [2.45, 2.75) is 37.1 Å². The number of rotatable bonds is 7. The van der Waals surface area contributed by atoms with E-state index in [1.807, 2.05) is 12.1 Å². The second-order valence-electron chi connectivity index (χ2n) is 9.86. The first-order valence-electron chi connectivity index (χ1n) is 12.9. The van der Waals surface area contributed by atoms with Gasteiger partial charge in [-0.3, -0.25) is 14.2 Å². The summed E-state index contributed by atoms with van der Waals surface area (Å²) in [7, 11) is -0.747. The van der Waals surface area contributed by atoms with Crippen LogP contribution in [0.1, 0.15) is 40.7 Å². The molecule has 0 spiro atoms. The van der Waals surface area contributed by atoms with Gasteiger partial charge in [0.2, 0.25) is 0 Å². The van der Waals surface area contributed by atoms with Crippen LogP contribution >= 0.6 is 0 Å². The fraction of sp³-hybridized carbons (Fsp3) is 0.367. The molecule has 2 aliphatic rings. The molecule has 1 saturated heterocycles. The van der Waals surface area contributed by atoms with Gasteiger partial charge >= 0.3 is 0 Å². The van der Waals surface area contributed by atoms with Gasteiger partial charge in [0.05, 0.1) is 19.1 Å². The summed E-state index contributed by atoms with van der Waals surface area (Å²) in [6, 6.07) is 21.9. The molecule has 1 unspecified atom stereocenters. The van der Waals surface area contributed by atoms with E-state index in [0.717, 1.165) is 43.6 Å². The molecule has 0 radical (unpaired) electrons. The van der Waals surface area contributed by atoms with E-state index in [9.17, 15) is 13.2 Å². The molecule has 8 heteroatoms. The average molecular weight is 538 g/mol. The van der Waals surface area contributed by atoms with Gasteiger partial charge in [-0.2, -0.15) is 8.42 Å². The van der Waals surface area contributed by atoms with Crippen LogP contribution in [-0.4, -0.2) is 51.0 Å². The van der Waals surface area contributed by atoms with Crippen LogP contribution in [0, 0.1) is 11.8 Å². The molecule has 0 amide bonds. The van der Waals surface area contributed by atoms with E-state index in [-0.39, 0.29) is 16.6 Å². The van der Waals surface area contributed by atoms with Gasteiger partial charge in [0.25, 0.3) is 10.1 Å². The molecular formula is C30H35NO6S. The maximum absolute atomic E-state index is 12.9. The van der Waals surface area contributed by atoms with Crippen LogP contribution < -0.4 is 9.47 Å². The molecule has 5 rings (SSSR count). The molecule has 7 nitrogen and oxygen atoms in total. The van der Waals surface area contributed by atoms with Crippen LogP contribution in [-0.2, 0) is 23.1 Å². The largest absolute Gasteiger partial charge is 0.493 e. The van der Waals surface area contributed by atoms with Gasteiger partial charge in [-0.1, -0.05) is 48.5 Å². The Morgan fingerprint density at radius 2 is 1.47 bits per heavy atom. The van der Waals surface area contributed by atoms with Gasteiger partial charge in [-0.15, -0.1) is 0 Å². The molecule has 0 saturated carbocycles. The minimum absolute atomic E-state index is 0.0741. The van der Waals surface area contributed by atoms with Crippen molar-refractivity contribution in [1.29, 1.82) is 0 Å². The summed E-state index contributed by atoms with van der Waals surface area (Å²) >= 11 is 0. The molecule has 0 aromatic heterocycles. The third-order valence-corrected chi connectivity index (χ3v) is 8.19. The number of piperidine rings is 1. The first kappa shape index (κ1) is 27.8. The van der Waals surface area contributed by atoms with Crippen molar-refractivity contribution in [1.82, 2.24) is 4.90 Å². The number of carbonyl (C=O) groups is 1. The number of fused-ring (bicyclic) bond motifs is 1.